The summed E-state index contributed by atoms with van der Waals surface area (Å²) in [5, 5.41) is 8.78. The highest BCUT2D eigenvalue weighted by molar-refractivity contribution is 7.90. The van der Waals surface area contributed by atoms with Gasteiger partial charge >= 0.3 is 11.9 Å². The molecule has 178 valence electrons. The molecule has 0 bridgehead atoms. The maximum absolute atomic E-state index is 12.4. The normalized spacial score (nSPS) is 13.3. The molecule has 0 radical (unpaired) electrons. The van der Waals surface area contributed by atoms with Gasteiger partial charge in [-0.05, 0) is 52.7 Å². The second kappa shape index (κ2) is 11.6. The molecular formula is C21H31N3O7S. The van der Waals surface area contributed by atoms with Gasteiger partial charge in [-0.3, -0.25) is 19.4 Å². The minimum absolute atomic E-state index is 0.0373. The molecule has 4 N–H and O–H groups in total. The third kappa shape index (κ3) is 9.90. The first-order valence-corrected chi connectivity index (χ1v) is 11.6. The Morgan fingerprint density at radius 3 is 2.28 bits per heavy atom. The fourth-order valence-electron chi connectivity index (χ4n) is 2.63. The summed E-state index contributed by atoms with van der Waals surface area (Å²) >= 11 is 0. The van der Waals surface area contributed by atoms with Crippen molar-refractivity contribution >= 4 is 33.7 Å². The monoisotopic (exact) mass is 469 g/mol. The molecule has 1 aromatic rings. The van der Waals surface area contributed by atoms with Crippen molar-refractivity contribution < 1.29 is 32.6 Å². The van der Waals surface area contributed by atoms with Crippen molar-refractivity contribution in [1.29, 1.82) is 0 Å². The number of carboxylic acids is 1. The summed E-state index contributed by atoms with van der Waals surface area (Å²) < 4.78 is 32.1. The molecule has 1 rings (SSSR count). The molecule has 0 amide bonds. The fraction of sp³-hybridized carbons (Fsp3) is 0.524. The number of hydrogen-bond acceptors (Lipinski definition) is 7. The first-order chi connectivity index (χ1) is 14.7. The first-order valence-electron chi connectivity index (χ1n) is 10.1. The summed E-state index contributed by atoms with van der Waals surface area (Å²) in [6, 6.07) is 6.19. The van der Waals surface area contributed by atoms with Crippen LogP contribution in [0.2, 0.25) is 0 Å². The highest BCUT2D eigenvalue weighted by atomic mass is 32.2. The fourth-order valence-corrected chi connectivity index (χ4v) is 3.58. The number of ether oxygens (including phenoxy) is 1. The number of Topliss-reactive ketones (excluding diaryl/α,β-unsaturated/α-hetero) is 1. The molecule has 0 saturated carbocycles. The largest absolute Gasteiger partial charge is 0.481 e. The number of sulfonamides is 1. The van der Waals surface area contributed by atoms with Crippen LogP contribution in [-0.4, -0.2) is 49.4 Å². The number of aryl methyl sites for hydroxylation is 1. The summed E-state index contributed by atoms with van der Waals surface area (Å²) in [4.78, 5) is 39.5. The number of nitrogens with zero attached hydrogens (tertiary/aromatic N) is 1. The molecule has 0 spiro atoms. The van der Waals surface area contributed by atoms with Crippen LogP contribution in [0.5, 0.6) is 0 Å². The van der Waals surface area contributed by atoms with Crippen molar-refractivity contribution in [2.24, 2.45) is 16.6 Å². The van der Waals surface area contributed by atoms with Crippen LogP contribution in [0.25, 0.3) is 0 Å². The molecule has 0 aliphatic rings. The zero-order valence-electron chi connectivity index (χ0n) is 18.8. The quantitative estimate of drug-likeness (QED) is 0.145. The molecular weight excluding hydrogens is 438 g/mol. The van der Waals surface area contributed by atoms with E-state index in [1.165, 1.54) is 12.1 Å². The van der Waals surface area contributed by atoms with E-state index < -0.39 is 39.3 Å². The summed E-state index contributed by atoms with van der Waals surface area (Å²) in [7, 11) is -3.88. The predicted octanol–water partition coefficient (Wildman–Crippen LogP) is 1.76. The topological polar surface area (TPSA) is 165 Å². The van der Waals surface area contributed by atoms with Gasteiger partial charge in [-0.15, -0.1) is 0 Å². The van der Waals surface area contributed by atoms with E-state index in [0.717, 1.165) is 5.56 Å². The van der Waals surface area contributed by atoms with E-state index in [4.69, 9.17) is 15.6 Å². The molecule has 0 aromatic heterocycles. The van der Waals surface area contributed by atoms with E-state index in [0.29, 0.717) is 0 Å². The third-order valence-corrected chi connectivity index (χ3v) is 5.54. The number of guanidine groups is 1. The summed E-state index contributed by atoms with van der Waals surface area (Å²) in [6.07, 6.45) is -0.379. The van der Waals surface area contributed by atoms with Gasteiger partial charge in [0.2, 0.25) is 5.96 Å². The Labute approximate surface area is 188 Å². The van der Waals surface area contributed by atoms with Crippen LogP contribution in [0.4, 0.5) is 0 Å². The molecule has 11 heteroatoms. The maximum Gasteiger partial charge on any atom is 0.316 e. The zero-order valence-corrected chi connectivity index (χ0v) is 19.6. The molecule has 0 heterocycles. The average Bonchev–Trinajstić information content (AvgIpc) is 2.64. The molecule has 0 saturated heterocycles. The minimum Gasteiger partial charge on any atom is -0.481 e. The van der Waals surface area contributed by atoms with Crippen LogP contribution >= 0.6 is 0 Å². The van der Waals surface area contributed by atoms with Crippen molar-refractivity contribution in [1.82, 2.24) is 4.72 Å². The number of aliphatic imine (C=N–C) groups is 1. The van der Waals surface area contributed by atoms with Gasteiger partial charge in [0.05, 0.1) is 11.3 Å². The Morgan fingerprint density at radius 2 is 1.75 bits per heavy atom. The highest BCUT2D eigenvalue weighted by Crippen LogP contribution is 2.18. The van der Waals surface area contributed by atoms with E-state index in [1.54, 1.807) is 32.9 Å². The van der Waals surface area contributed by atoms with Gasteiger partial charge in [0.15, 0.2) is 0 Å². The highest BCUT2D eigenvalue weighted by Gasteiger charge is 2.30. The van der Waals surface area contributed by atoms with Crippen molar-refractivity contribution in [3.63, 3.8) is 0 Å². The third-order valence-electron chi connectivity index (χ3n) is 4.17. The molecule has 0 aliphatic heterocycles. The Balaban J connectivity index is 2.73. The number of rotatable bonds is 11. The number of carbonyl (C=O) groups excluding carboxylic acids is 2. The predicted molar refractivity (Wildman–Crippen MR) is 118 cm³/mol. The summed E-state index contributed by atoms with van der Waals surface area (Å²) in [6.45, 7) is 6.86. The average molecular weight is 470 g/mol. The van der Waals surface area contributed by atoms with Gasteiger partial charge in [-0.2, -0.15) is 0 Å². The van der Waals surface area contributed by atoms with E-state index in [1.807, 2.05) is 6.92 Å². The van der Waals surface area contributed by atoms with Crippen molar-refractivity contribution in [2.45, 2.75) is 63.9 Å². The van der Waals surface area contributed by atoms with Crippen molar-refractivity contribution in [3.05, 3.63) is 29.8 Å². The lowest BCUT2D eigenvalue weighted by Gasteiger charge is -2.23. The van der Waals surface area contributed by atoms with Gasteiger partial charge in [-0.1, -0.05) is 17.7 Å². The summed E-state index contributed by atoms with van der Waals surface area (Å²) in [5.41, 5.74) is 5.76. The second-order valence-corrected chi connectivity index (χ2v) is 9.96. The smallest absolute Gasteiger partial charge is 0.316 e. The number of ketones is 1. The maximum atomic E-state index is 12.4. The lowest BCUT2D eigenvalue weighted by Crippen LogP contribution is -2.37. The van der Waals surface area contributed by atoms with Gasteiger partial charge < -0.3 is 15.6 Å². The van der Waals surface area contributed by atoms with Crippen LogP contribution in [0.15, 0.2) is 34.2 Å². The number of aliphatic carboxylic acids is 1. The lowest BCUT2D eigenvalue weighted by molar-refractivity contribution is -0.162. The van der Waals surface area contributed by atoms with E-state index in [2.05, 4.69) is 9.71 Å². The molecule has 1 aromatic carbocycles. The second-order valence-electron chi connectivity index (χ2n) is 8.27. The Morgan fingerprint density at radius 1 is 1.16 bits per heavy atom. The number of nitrogens with one attached hydrogen (secondary N) is 1. The van der Waals surface area contributed by atoms with Gasteiger partial charge in [0, 0.05) is 13.0 Å². The Hall–Kier alpha value is -2.95. The number of hydrogen-bond donors (Lipinski definition) is 3. The molecule has 1 atom stereocenters. The van der Waals surface area contributed by atoms with Crippen LogP contribution < -0.4 is 10.5 Å². The number of carboxylic acid groups (broad SMARTS) is 1. The number of nitrogens with two attached hydrogens (primary N) is 1. The van der Waals surface area contributed by atoms with E-state index in [9.17, 15) is 22.8 Å². The first kappa shape index (κ1) is 27.1. The van der Waals surface area contributed by atoms with Crippen LogP contribution in [0.1, 0.15) is 52.0 Å². The van der Waals surface area contributed by atoms with Crippen molar-refractivity contribution in [2.75, 3.05) is 6.54 Å². The van der Waals surface area contributed by atoms with Crippen LogP contribution in [-0.2, 0) is 29.1 Å². The van der Waals surface area contributed by atoms with Crippen molar-refractivity contribution in [3.8, 4) is 0 Å². The summed E-state index contributed by atoms with van der Waals surface area (Å²) in [5.74, 6) is -3.85. The zero-order chi connectivity index (χ0) is 24.5. The van der Waals surface area contributed by atoms with Gasteiger partial charge in [-0.25, -0.2) is 13.1 Å². The van der Waals surface area contributed by atoms with E-state index >= 15 is 0 Å². The molecule has 1 unspecified atom stereocenters. The molecule has 0 fully saturated rings. The molecule has 0 aliphatic carbocycles. The van der Waals surface area contributed by atoms with Gasteiger partial charge in [0.25, 0.3) is 10.0 Å². The Bertz CT molecular complexity index is 949. The molecule has 10 nitrogen and oxygen atoms in total. The standard InChI is InChI=1S/C21H31N3O7S/c1-14-7-9-15(10-8-14)32(29,30)24-20(22)23-13-5-6-16(17(25)11-12-18(26)27)19(28)31-21(2,3)4/h7-10,16H,5-6,11-13H2,1-4H3,(H,26,27)(H3,22,23,24). The number of benzene rings is 1. The number of carbonyl (C=O) groups is 3. The number of esters is 1. The molecule has 32 heavy (non-hydrogen) atoms. The van der Waals surface area contributed by atoms with Crippen LogP contribution in [0.3, 0.4) is 0 Å². The van der Waals surface area contributed by atoms with Gasteiger partial charge in [0.1, 0.15) is 17.3 Å². The minimum atomic E-state index is -3.88. The van der Waals surface area contributed by atoms with Crippen LogP contribution in [0, 0.1) is 12.8 Å². The van der Waals surface area contributed by atoms with E-state index in [-0.39, 0.29) is 43.1 Å². The Kier molecular flexibility index (Phi) is 9.82. The lowest BCUT2D eigenvalue weighted by atomic mass is 9.95. The SMILES string of the molecule is Cc1ccc(S(=O)(=O)NC(N)=NCCCC(C(=O)CCC(=O)O)C(=O)OC(C)(C)C)cc1.